The summed E-state index contributed by atoms with van der Waals surface area (Å²) in [5.74, 6) is 0.371. The summed E-state index contributed by atoms with van der Waals surface area (Å²) in [6.45, 7) is 8.91. The normalized spacial score (nSPS) is 13.7. The van der Waals surface area contributed by atoms with Crippen molar-refractivity contribution in [2.45, 2.75) is 44.4 Å². The van der Waals surface area contributed by atoms with Gasteiger partial charge in [-0.25, -0.2) is 0 Å². The van der Waals surface area contributed by atoms with Crippen molar-refractivity contribution in [3.8, 4) is 33.4 Å². The Morgan fingerprint density at radius 2 is 0.623 bits per heavy atom. The lowest BCUT2D eigenvalue weighted by Gasteiger charge is -2.50. The lowest BCUT2D eigenvalue weighted by molar-refractivity contribution is 0.618. The average molecular weight is 783 g/mol. The zero-order valence-corrected chi connectivity index (χ0v) is 35.4. The van der Waals surface area contributed by atoms with Crippen molar-refractivity contribution in [2.75, 3.05) is 0 Å². The molecule has 294 valence electrons. The molecule has 0 saturated carbocycles. The predicted octanol–water partition coefficient (Wildman–Crippen LogP) is 15.5. The molecule has 0 fully saturated rings. The molecule has 0 aromatic heterocycles. The van der Waals surface area contributed by atoms with Crippen LogP contribution in [0.3, 0.4) is 0 Å². The van der Waals surface area contributed by atoms with Crippen molar-refractivity contribution in [3.63, 3.8) is 0 Å². The summed E-state index contributed by atoms with van der Waals surface area (Å²) in [5, 5.41) is 0. The maximum absolute atomic E-state index is 2.45. The smallest absolute Gasteiger partial charge is 0.0622 e. The Bertz CT molecular complexity index is 2910. The Morgan fingerprint density at radius 3 is 1.07 bits per heavy atom. The first-order valence-electron chi connectivity index (χ1n) is 21.7. The van der Waals surface area contributed by atoms with Gasteiger partial charge in [0.25, 0.3) is 0 Å². The molecule has 0 radical (unpaired) electrons. The minimum atomic E-state index is -0.391. The first-order valence-corrected chi connectivity index (χ1v) is 21.7. The third-order valence-electron chi connectivity index (χ3n) is 13.2. The Balaban J connectivity index is 0.000000183. The second kappa shape index (κ2) is 15.5. The van der Waals surface area contributed by atoms with Crippen LogP contribution in [0.25, 0.3) is 33.4 Å². The van der Waals surface area contributed by atoms with Gasteiger partial charge in [-0.2, -0.15) is 0 Å². The number of benzene rings is 9. The summed E-state index contributed by atoms with van der Waals surface area (Å²) in [4.78, 5) is 0. The van der Waals surface area contributed by atoms with Crippen LogP contribution in [-0.2, 0) is 10.8 Å². The van der Waals surface area contributed by atoms with Crippen LogP contribution in [-0.4, -0.2) is 0 Å². The van der Waals surface area contributed by atoms with Crippen LogP contribution in [0.1, 0.15) is 81.0 Å². The SMILES string of the molecule is CC(C)c1cccc2c1C1(c3ccccc3-c3ccccc31)c1ccccc1C21c2ccccc2-c2ccccc21.Cc1ccc(-c2ccccc2)cc1.Cc1ccccc1. The van der Waals surface area contributed by atoms with Crippen LogP contribution < -0.4 is 0 Å². The van der Waals surface area contributed by atoms with Gasteiger partial charge in [0, 0.05) is 0 Å². The summed E-state index contributed by atoms with van der Waals surface area (Å²) in [6, 6.07) is 82.3. The van der Waals surface area contributed by atoms with Crippen LogP contribution in [0, 0.1) is 13.8 Å². The molecule has 0 amide bonds. The van der Waals surface area contributed by atoms with Crippen molar-refractivity contribution in [1.82, 2.24) is 0 Å². The maximum atomic E-state index is 2.45. The third-order valence-corrected chi connectivity index (χ3v) is 13.2. The second-order valence-corrected chi connectivity index (χ2v) is 17.0. The molecule has 2 spiro atoms. The average Bonchev–Trinajstić information content (AvgIpc) is 3.78. The van der Waals surface area contributed by atoms with E-state index < -0.39 is 5.41 Å². The highest BCUT2D eigenvalue weighted by Gasteiger charge is 2.59. The van der Waals surface area contributed by atoms with Gasteiger partial charge < -0.3 is 0 Å². The highest BCUT2D eigenvalue weighted by molar-refractivity contribution is 5.94. The Labute approximate surface area is 361 Å². The first kappa shape index (κ1) is 38.2. The Kier molecular flexibility index (Phi) is 9.73. The molecule has 9 aromatic rings. The van der Waals surface area contributed by atoms with Crippen LogP contribution in [0.5, 0.6) is 0 Å². The minimum absolute atomic E-state index is 0.371. The van der Waals surface area contributed by atoms with Gasteiger partial charge in [-0.05, 0) is 103 Å². The van der Waals surface area contributed by atoms with E-state index in [9.17, 15) is 0 Å². The molecule has 3 aliphatic carbocycles. The molecule has 3 aliphatic rings. The van der Waals surface area contributed by atoms with E-state index in [4.69, 9.17) is 0 Å². The van der Waals surface area contributed by atoms with Gasteiger partial charge in [0.1, 0.15) is 0 Å². The van der Waals surface area contributed by atoms with Crippen molar-refractivity contribution >= 4 is 0 Å². The van der Waals surface area contributed by atoms with Crippen molar-refractivity contribution < 1.29 is 0 Å². The van der Waals surface area contributed by atoms with Gasteiger partial charge in [-0.15, -0.1) is 0 Å². The molecule has 9 aromatic carbocycles. The molecule has 0 unspecified atom stereocenters. The van der Waals surface area contributed by atoms with E-state index in [-0.39, 0.29) is 5.41 Å². The molecule has 0 bridgehead atoms. The van der Waals surface area contributed by atoms with Crippen molar-refractivity contribution in [3.05, 3.63) is 286 Å². The number of hydrogen-bond donors (Lipinski definition) is 0. The lowest BCUT2D eigenvalue weighted by Crippen LogP contribution is -2.44. The fourth-order valence-corrected chi connectivity index (χ4v) is 10.7. The minimum Gasteiger partial charge on any atom is -0.0622 e. The fourth-order valence-electron chi connectivity index (χ4n) is 10.7. The molecule has 61 heavy (non-hydrogen) atoms. The van der Waals surface area contributed by atoms with E-state index in [1.165, 1.54) is 94.6 Å². The maximum Gasteiger partial charge on any atom is 0.0722 e. The zero-order chi connectivity index (χ0) is 41.6. The molecule has 0 aliphatic heterocycles. The highest BCUT2D eigenvalue weighted by atomic mass is 14.6. The molecule has 0 N–H and O–H groups in total. The van der Waals surface area contributed by atoms with E-state index in [0.717, 1.165) is 0 Å². The van der Waals surface area contributed by atoms with E-state index >= 15 is 0 Å². The molecular weight excluding hydrogens is 733 g/mol. The first-order chi connectivity index (χ1) is 30.0. The number of aryl methyl sites for hydroxylation is 2. The van der Waals surface area contributed by atoms with Gasteiger partial charge in [-0.3, -0.25) is 0 Å². The molecule has 0 heteroatoms. The number of hydrogen-bond acceptors (Lipinski definition) is 0. The molecule has 0 heterocycles. The molecular formula is C61H50. The van der Waals surface area contributed by atoms with E-state index in [0.29, 0.717) is 5.92 Å². The van der Waals surface area contributed by atoms with Gasteiger partial charge >= 0.3 is 0 Å². The summed E-state index contributed by atoms with van der Waals surface area (Å²) in [5.41, 5.74) is 22.5. The topological polar surface area (TPSA) is 0 Å². The summed E-state index contributed by atoms with van der Waals surface area (Å²) in [6.07, 6.45) is 0. The second-order valence-electron chi connectivity index (χ2n) is 17.0. The van der Waals surface area contributed by atoms with E-state index in [2.05, 4.69) is 228 Å². The largest absolute Gasteiger partial charge is 0.0722 e. The quantitative estimate of drug-likeness (QED) is 0.164. The summed E-state index contributed by atoms with van der Waals surface area (Å²) in [7, 11) is 0. The van der Waals surface area contributed by atoms with Gasteiger partial charge in [0.2, 0.25) is 0 Å². The summed E-state index contributed by atoms with van der Waals surface area (Å²) < 4.78 is 0. The van der Waals surface area contributed by atoms with Gasteiger partial charge in [0.05, 0.1) is 10.8 Å². The molecule has 12 rings (SSSR count). The van der Waals surface area contributed by atoms with Crippen LogP contribution in [0.4, 0.5) is 0 Å². The highest BCUT2D eigenvalue weighted by Crippen LogP contribution is 2.68. The van der Waals surface area contributed by atoms with Crippen LogP contribution in [0.15, 0.2) is 224 Å². The van der Waals surface area contributed by atoms with E-state index in [1.54, 1.807) is 0 Å². The number of fused-ring (bicyclic) bond motifs is 16. The zero-order valence-electron chi connectivity index (χ0n) is 35.4. The van der Waals surface area contributed by atoms with Gasteiger partial charge in [-0.1, -0.05) is 249 Å². The predicted molar refractivity (Wildman–Crippen MR) is 256 cm³/mol. The van der Waals surface area contributed by atoms with Gasteiger partial charge in [0.15, 0.2) is 0 Å². The van der Waals surface area contributed by atoms with Crippen molar-refractivity contribution in [2.24, 2.45) is 0 Å². The molecule has 0 atom stereocenters. The Hall–Kier alpha value is -7.02. The monoisotopic (exact) mass is 782 g/mol. The van der Waals surface area contributed by atoms with E-state index in [1.807, 2.05) is 24.3 Å². The number of rotatable bonds is 2. The Morgan fingerprint density at radius 1 is 0.279 bits per heavy atom. The lowest BCUT2D eigenvalue weighted by atomic mass is 9.51. The third kappa shape index (κ3) is 5.96. The van der Waals surface area contributed by atoms with Crippen LogP contribution in [0.2, 0.25) is 0 Å². The fraction of sp³-hybridized carbons (Fsp3) is 0.115. The molecule has 0 nitrogen and oxygen atoms in total. The standard InChI is InChI=1S/C41H30.C13H12.C7H8/c1-26(2)27-18-13-25-38-39(27)41(34-21-9-5-16-30(34)31-17-6-10-22-35(31)41)37-24-12-11-23-36(37)40(38)32-19-7-3-14-28(32)29-15-4-8-20-33(29)40;1-11-7-9-13(10-8-11)12-5-3-2-4-6-12;1-7-5-3-2-4-6-7/h3-26H,1-2H3;2-10H,1H3;2-6H,1H3. The summed E-state index contributed by atoms with van der Waals surface area (Å²) >= 11 is 0. The molecule has 0 saturated heterocycles. The van der Waals surface area contributed by atoms with Crippen LogP contribution >= 0.6 is 0 Å². The van der Waals surface area contributed by atoms with Crippen molar-refractivity contribution in [1.29, 1.82) is 0 Å².